The summed E-state index contributed by atoms with van der Waals surface area (Å²) in [6.07, 6.45) is 14.1. The predicted molar refractivity (Wildman–Crippen MR) is 196 cm³/mol. The van der Waals surface area contributed by atoms with E-state index in [2.05, 4.69) is 84.0 Å². The molecule has 0 aromatic carbocycles. The van der Waals surface area contributed by atoms with Crippen molar-refractivity contribution in [2.45, 2.75) is 148 Å². The van der Waals surface area contributed by atoms with E-state index in [4.69, 9.17) is 28.0 Å². The number of ether oxygens (including phenoxy) is 1. The molecular formula is C32H80N8O2. The Morgan fingerprint density at radius 2 is 1.10 bits per heavy atom. The quantitative estimate of drug-likeness (QED) is 0.157. The lowest BCUT2D eigenvalue weighted by Gasteiger charge is -1.98. The third-order valence-electron chi connectivity index (χ3n) is 3.08. The number of carbonyl (C=O) groups is 1. The molecule has 0 saturated carbocycles. The molecule has 42 heavy (non-hydrogen) atoms. The van der Waals surface area contributed by atoms with E-state index >= 15 is 0 Å². The number of hydrogen-bond acceptors (Lipinski definition) is 6. The molecule has 0 aliphatic carbocycles. The highest BCUT2D eigenvalue weighted by Gasteiger charge is 2.15. The fourth-order valence-electron chi connectivity index (χ4n) is 0.825. The summed E-state index contributed by atoms with van der Waals surface area (Å²) in [6, 6.07) is 0. The molecule has 260 valence electrons. The topological polar surface area (TPSA) is 180 Å². The van der Waals surface area contributed by atoms with Crippen molar-refractivity contribution < 1.29 is 9.53 Å². The number of nitrogens with zero attached hydrogens (tertiary/aromatic N) is 3. The molecule has 8 N–H and O–H groups in total. The van der Waals surface area contributed by atoms with Crippen molar-refractivity contribution in [1.82, 2.24) is 4.90 Å². The van der Waals surface area contributed by atoms with Crippen molar-refractivity contribution in [1.29, 1.82) is 10.8 Å². The van der Waals surface area contributed by atoms with Gasteiger partial charge in [-0.25, -0.2) is 4.79 Å². The maximum atomic E-state index is 10.3. The van der Waals surface area contributed by atoms with Crippen LogP contribution in [0.3, 0.4) is 0 Å². The number of cyclic esters (lactones) is 1. The molecule has 0 aromatic rings. The van der Waals surface area contributed by atoms with Crippen LogP contribution >= 0.6 is 0 Å². The number of rotatable bonds is 4. The van der Waals surface area contributed by atoms with E-state index in [1.54, 1.807) is 39.8 Å². The van der Waals surface area contributed by atoms with Crippen LogP contribution in [0.5, 0.6) is 0 Å². The van der Waals surface area contributed by atoms with Crippen molar-refractivity contribution in [3.8, 4) is 0 Å². The Labute approximate surface area is 264 Å². The zero-order valence-electron chi connectivity index (χ0n) is 31.3. The molecule has 1 aliphatic rings. The number of hydrogen-bond donors (Lipinski definition) is 5. The molecule has 0 spiro atoms. The summed E-state index contributed by atoms with van der Waals surface area (Å²) in [5.74, 6) is 0.130. The van der Waals surface area contributed by atoms with E-state index in [1.165, 1.54) is 77.4 Å². The van der Waals surface area contributed by atoms with E-state index in [-0.39, 0.29) is 12.1 Å². The molecule has 0 unspecified atom stereocenters. The normalized spacial score (nSPS) is 9.24. The van der Waals surface area contributed by atoms with Gasteiger partial charge < -0.3 is 37.7 Å². The minimum atomic E-state index is -0.208. The van der Waals surface area contributed by atoms with Crippen LogP contribution in [-0.4, -0.2) is 69.5 Å². The molecule has 0 aromatic heterocycles. The first kappa shape index (κ1) is 62.8. The molecule has 1 saturated heterocycles. The summed E-state index contributed by atoms with van der Waals surface area (Å²) in [5, 5.41) is 12.6. The zero-order chi connectivity index (χ0) is 35.6. The Morgan fingerprint density at radius 3 is 1.12 bits per heavy atom. The number of nitrogens with two attached hydrogens (primary N) is 3. The highest BCUT2D eigenvalue weighted by atomic mass is 16.6. The zero-order valence-corrected chi connectivity index (χ0v) is 31.3. The van der Waals surface area contributed by atoms with Crippen molar-refractivity contribution in [3.63, 3.8) is 0 Å². The monoisotopic (exact) mass is 609 g/mol. The number of carbonyl (C=O) groups excluding carboxylic acids is 1. The summed E-state index contributed by atoms with van der Waals surface area (Å²) in [7, 11) is 4.88. The second kappa shape index (κ2) is 83.3. The Morgan fingerprint density at radius 1 is 0.857 bits per heavy atom. The molecule has 1 aliphatic heterocycles. The van der Waals surface area contributed by atoms with Gasteiger partial charge in [-0.1, -0.05) is 127 Å². The Bertz CT molecular complexity index is 463. The first-order valence-corrected chi connectivity index (χ1v) is 15.7. The number of aliphatic imine (C=N–C) groups is 2. The highest BCUT2D eigenvalue weighted by Crippen LogP contribution is 1.96. The number of nitrogens with one attached hydrogen (secondary N) is 2. The third-order valence-corrected chi connectivity index (χ3v) is 3.08. The standard InChI is InChI=1S/C5H12.C4H7NO2.2C4H10.C3H7N.2C3H8.C2H7N3.C2H6N2.C2H5N/c1-3-5-4-2;1-5-2-3-7-4(5)6;2*1-3-4-2;1-3(2)4;2*1-3-2;1-5-2(3)4;1-4-2-3;1-2-3/h3-5H2,1-2H3;2-3H2,1H3;2*3-4H2,1-2H3;4H,1-2H3;2*3H2,1-2H3;1H3,(H4,3,4,5);2H,1H3,(H2,3,4);2-3H,1H3. The van der Waals surface area contributed by atoms with E-state index in [1.807, 2.05) is 0 Å². The molecule has 10 heteroatoms. The van der Waals surface area contributed by atoms with Gasteiger partial charge in [0.2, 0.25) is 0 Å². The minimum absolute atomic E-state index is 0.130. The van der Waals surface area contributed by atoms with Gasteiger partial charge >= 0.3 is 6.09 Å². The van der Waals surface area contributed by atoms with E-state index in [0.717, 1.165) is 6.54 Å². The second-order valence-corrected chi connectivity index (χ2v) is 8.65. The van der Waals surface area contributed by atoms with Gasteiger partial charge in [0.15, 0.2) is 5.96 Å². The summed E-state index contributed by atoms with van der Waals surface area (Å²) >= 11 is 0. The summed E-state index contributed by atoms with van der Waals surface area (Å²) in [5.41, 5.74) is 15.0. The van der Waals surface area contributed by atoms with Crippen LogP contribution in [0.1, 0.15) is 148 Å². The minimum Gasteiger partial charge on any atom is -0.448 e. The Kier molecular flexibility index (Phi) is 125. The highest BCUT2D eigenvalue weighted by molar-refractivity contribution is 5.75. The molecule has 0 bridgehead atoms. The Hall–Kier alpha value is -2.65. The maximum Gasteiger partial charge on any atom is 0.409 e. The van der Waals surface area contributed by atoms with Gasteiger partial charge in [0, 0.05) is 26.9 Å². The van der Waals surface area contributed by atoms with E-state index < -0.39 is 0 Å². The summed E-state index contributed by atoms with van der Waals surface area (Å²) in [4.78, 5) is 18.6. The van der Waals surface area contributed by atoms with Gasteiger partial charge in [-0.15, -0.1) is 0 Å². The second-order valence-electron chi connectivity index (χ2n) is 8.65. The van der Waals surface area contributed by atoms with Gasteiger partial charge in [-0.3, -0.25) is 9.98 Å². The number of likely N-dealkylation sites (N-methyl/N-ethyl adjacent to an activating group) is 1. The molecule has 1 fully saturated rings. The van der Waals surface area contributed by atoms with Crippen LogP contribution in [0.4, 0.5) is 4.79 Å². The van der Waals surface area contributed by atoms with Crippen molar-refractivity contribution in [3.05, 3.63) is 0 Å². The first-order chi connectivity index (χ1) is 19.7. The lowest BCUT2D eigenvalue weighted by molar-refractivity contribution is 0.163. The number of unbranched alkanes of at least 4 members (excludes halogenated alkanes) is 4. The average molecular weight is 609 g/mol. The van der Waals surface area contributed by atoms with Crippen molar-refractivity contribution in [2.75, 3.05) is 34.3 Å². The molecule has 10 nitrogen and oxygen atoms in total. The van der Waals surface area contributed by atoms with Crippen LogP contribution < -0.4 is 17.2 Å². The summed E-state index contributed by atoms with van der Waals surface area (Å²) in [6.45, 7) is 28.1. The third kappa shape index (κ3) is 240. The number of guanidine groups is 1. The van der Waals surface area contributed by atoms with Gasteiger partial charge in [-0.2, -0.15) is 0 Å². The molecule has 0 atom stereocenters. The predicted octanol–water partition coefficient (Wildman–Crippen LogP) is 8.90. The van der Waals surface area contributed by atoms with Crippen molar-refractivity contribution >= 4 is 30.3 Å². The average Bonchev–Trinajstić information content (AvgIpc) is 3.33. The van der Waals surface area contributed by atoms with Crippen LogP contribution in [0.25, 0.3) is 0 Å². The van der Waals surface area contributed by atoms with Gasteiger partial charge in [0.05, 0.1) is 12.9 Å². The fourth-order valence-corrected chi connectivity index (χ4v) is 0.825. The lowest BCUT2D eigenvalue weighted by Crippen LogP contribution is -2.21. The summed E-state index contributed by atoms with van der Waals surface area (Å²) < 4.78 is 4.55. The maximum absolute atomic E-state index is 10.3. The molecule has 1 amide bonds. The van der Waals surface area contributed by atoms with Gasteiger partial charge in [0.1, 0.15) is 6.61 Å². The molecule has 1 heterocycles. The van der Waals surface area contributed by atoms with Crippen LogP contribution in [0, 0.1) is 10.8 Å². The SMILES string of the molecule is CC(C)=N.CC=N.CCC.CCC.CCCC.CCCC.CCCCC.CN1CCOC1=O.CN=C(N)N.CN=CN. The largest absolute Gasteiger partial charge is 0.448 e. The fraction of sp³-hybridized carbons (Fsp3) is 0.844. The molecule has 1 rings (SSSR count). The smallest absolute Gasteiger partial charge is 0.409 e. The Balaban J connectivity index is -0.0000000418. The van der Waals surface area contributed by atoms with Gasteiger partial charge in [-0.05, 0) is 27.0 Å². The number of amides is 1. The molecular weight excluding hydrogens is 528 g/mol. The van der Waals surface area contributed by atoms with Crippen LogP contribution in [-0.2, 0) is 4.74 Å². The van der Waals surface area contributed by atoms with Crippen molar-refractivity contribution in [2.24, 2.45) is 27.2 Å². The lowest BCUT2D eigenvalue weighted by atomic mass is 10.3. The van der Waals surface area contributed by atoms with Gasteiger partial charge in [0.25, 0.3) is 0 Å². The molecule has 0 radical (unpaired) electrons. The van der Waals surface area contributed by atoms with E-state index in [0.29, 0.717) is 12.3 Å². The van der Waals surface area contributed by atoms with Crippen LogP contribution in [0.15, 0.2) is 9.98 Å². The first-order valence-electron chi connectivity index (χ1n) is 15.7. The van der Waals surface area contributed by atoms with Crippen LogP contribution in [0.2, 0.25) is 0 Å². The van der Waals surface area contributed by atoms with E-state index in [9.17, 15) is 4.79 Å².